The van der Waals surface area contributed by atoms with Gasteiger partial charge in [-0.1, -0.05) is 17.7 Å². The van der Waals surface area contributed by atoms with Crippen LogP contribution in [0.25, 0.3) is 11.0 Å². The van der Waals surface area contributed by atoms with Crippen LogP contribution in [0.1, 0.15) is 77.6 Å². The van der Waals surface area contributed by atoms with Gasteiger partial charge in [-0.15, -0.1) is 0 Å². The van der Waals surface area contributed by atoms with E-state index >= 15 is 0 Å². The molecule has 2 aliphatic rings. The number of pyridine rings is 1. The van der Waals surface area contributed by atoms with E-state index in [2.05, 4.69) is 32.4 Å². The minimum absolute atomic E-state index is 0.109. The summed E-state index contributed by atoms with van der Waals surface area (Å²) in [6.45, 7) is 3.91. The quantitative estimate of drug-likeness (QED) is 0.300. The average molecular weight is 557 g/mol. The summed E-state index contributed by atoms with van der Waals surface area (Å²) in [7, 11) is 1.94. The molecule has 0 amide bonds. The van der Waals surface area contributed by atoms with Gasteiger partial charge in [0.2, 0.25) is 0 Å². The molecule has 10 nitrogen and oxygen atoms in total. The number of hydrogen-bond acceptors (Lipinski definition) is 8. The zero-order chi connectivity index (χ0) is 28.1. The monoisotopic (exact) mass is 556 g/mol. The van der Waals surface area contributed by atoms with Crippen molar-refractivity contribution in [3.05, 3.63) is 69.9 Å². The second-order valence-corrected chi connectivity index (χ2v) is 11.2. The number of nitriles is 1. The van der Waals surface area contributed by atoms with Crippen molar-refractivity contribution in [3.8, 4) is 6.07 Å². The molecule has 2 saturated heterocycles. The number of nitrogens with zero attached hydrogens (tertiary/aromatic N) is 7. The number of benzene rings is 1. The molecule has 0 radical (unpaired) electrons. The maximum atomic E-state index is 11.8. The van der Waals surface area contributed by atoms with Crippen molar-refractivity contribution < 1.29 is 9.90 Å². The summed E-state index contributed by atoms with van der Waals surface area (Å²) in [5.74, 6) is -0.164. The molecular weight excluding hydrogens is 528 g/mol. The molecule has 0 saturated carbocycles. The van der Waals surface area contributed by atoms with Crippen LogP contribution in [0, 0.1) is 18.3 Å². The van der Waals surface area contributed by atoms with Crippen molar-refractivity contribution in [2.24, 2.45) is 7.05 Å². The molecule has 2 fully saturated rings. The molecule has 4 aromatic rings. The molecule has 0 aliphatic carbocycles. The van der Waals surface area contributed by atoms with Gasteiger partial charge in [-0.2, -0.15) is 10.4 Å². The van der Waals surface area contributed by atoms with E-state index in [0.717, 1.165) is 42.5 Å². The van der Waals surface area contributed by atoms with Crippen LogP contribution in [-0.4, -0.2) is 47.9 Å². The minimum Gasteiger partial charge on any atom is -0.476 e. The number of carbonyl (C=O) groups is 1. The number of anilines is 2. The molecule has 5 heterocycles. The molecule has 0 spiro atoms. The summed E-state index contributed by atoms with van der Waals surface area (Å²) in [5.41, 5.74) is 4.79. The van der Waals surface area contributed by atoms with E-state index in [1.807, 2.05) is 43.9 Å². The average Bonchev–Trinajstić information content (AvgIpc) is 3.47. The fourth-order valence-electron chi connectivity index (χ4n) is 6.35. The Kier molecular flexibility index (Phi) is 6.55. The minimum atomic E-state index is -1.17. The van der Waals surface area contributed by atoms with Crippen LogP contribution >= 0.6 is 11.6 Å². The summed E-state index contributed by atoms with van der Waals surface area (Å²) >= 11 is 5.95. The van der Waals surface area contributed by atoms with Crippen molar-refractivity contribution in [1.82, 2.24) is 24.7 Å². The van der Waals surface area contributed by atoms with E-state index in [0.29, 0.717) is 34.2 Å². The number of fused-ring (bicyclic) bond motifs is 3. The third kappa shape index (κ3) is 4.60. The lowest BCUT2D eigenvalue weighted by molar-refractivity contribution is 0.0691. The molecule has 2 bridgehead atoms. The molecule has 40 heavy (non-hydrogen) atoms. The molecule has 6 rings (SSSR count). The van der Waals surface area contributed by atoms with Crippen molar-refractivity contribution in [2.45, 2.75) is 63.6 Å². The van der Waals surface area contributed by atoms with Gasteiger partial charge in [-0.05, 0) is 69.4 Å². The Morgan fingerprint density at radius 2 is 1.93 bits per heavy atom. The third-order valence-corrected chi connectivity index (χ3v) is 8.27. The number of rotatable bonds is 6. The summed E-state index contributed by atoms with van der Waals surface area (Å²) in [5, 5.41) is 27.8. The summed E-state index contributed by atoms with van der Waals surface area (Å²) in [6.07, 6.45) is 5.98. The number of aromatic nitrogens is 5. The SMILES string of the molecule is Cc1cc([C@@H](C)Nc2ccc(Cl)nc2C(=O)O)c2nc(N3C4CCC3CC(c3ccn(C)n3)C4)c(C#N)nc2c1. The van der Waals surface area contributed by atoms with Crippen LogP contribution in [0.4, 0.5) is 11.5 Å². The van der Waals surface area contributed by atoms with Gasteiger partial charge in [-0.25, -0.2) is 19.7 Å². The Bertz CT molecular complexity index is 1660. The van der Waals surface area contributed by atoms with Crippen LogP contribution in [-0.2, 0) is 7.05 Å². The Morgan fingerprint density at radius 3 is 2.58 bits per heavy atom. The lowest BCUT2D eigenvalue weighted by Gasteiger charge is -2.39. The molecule has 2 N–H and O–H groups in total. The van der Waals surface area contributed by atoms with Crippen LogP contribution in [0.15, 0.2) is 36.5 Å². The first-order valence-electron chi connectivity index (χ1n) is 13.4. The molecule has 2 aliphatic heterocycles. The second kappa shape index (κ2) is 10.1. The van der Waals surface area contributed by atoms with E-state index in [1.54, 1.807) is 12.1 Å². The molecule has 3 atom stereocenters. The normalized spacial score (nSPS) is 20.9. The van der Waals surface area contributed by atoms with Gasteiger partial charge in [0, 0.05) is 36.8 Å². The number of aromatic carboxylic acids is 1. The Morgan fingerprint density at radius 1 is 1.18 bits per heavy atom. The standard InChI is InChI=1S/C29H29ClN8O2/c1-15-10-20(16(2)32-22-6-7-25(30)34-27(22)29(39)40)26-23(11-15)33-24(14-31)28(35-26)38-18-4-5-19(38)13-17(12-18)21-8-9-37(3)36-21/h6-11,16-19,32H,4-5,12-13H2,1-3H3,(H,39,40)/t16-,17?,18?,19?/m1/s1. The highest BCUT2D eigenvalue weighted by atomic mass is 35.5. The van der Waals surface area contributed by atoms with Gasteiger partial charge in [0.05, 0.1) is 28.5 Å². The predicted molar refractivity (Wildman–Crippen MR) is 152 cm³/mol. The molecule has 2 unspecified atom stereocenters. The van der Waals surface area contributed by atoms with E-state index < -0.39 is 5.97 Å². The first kappa shape index (κ1) is 26.0. The first-order chi connectivity index (χ1) is 19.2. The predicted octanol–water partition coefficient (Wildman–Crippen LogP) is 5.38. The van der Waals surface area contributed by atoms with Crippen LogP contribution in [0.5, 0.6) is 0 Å². The number of piperidine rings is 1. The maximum Gasteiger partial charge on any atom is 0.356 e. The van der Waals surface area contributed by atoms with E-state index in [4.69, 9.17) is 21.6 Å². The van der Waals surface area contributed by atoms with Gasteiger partial charge in [0.15, 0.2) is 17.2 Å². The largest absolute Gasteiger partial charge is 0.476 e. The highest BCUT2D eigenvalue weighted by molar-refractivity contribution is 6.29. The fourth-order valence-corrected chi connectivity index (χ4v) is 6.50. The summed E-state index contributed by atoms with van der Waals surface area (Å²) in [6, 6.07) is 11.7. The zero-order valence-corrected chi connectivity index (χ0v) is 23.2. The lowest BCUT2D eigenvalue weighted by Crippen LogP contribution is -2.43. The topological polar surface area (TPSA) is 133 Å². The lowest BCUT2D eigenvalue weighted by atomic mass is 9.88. The van der Waals surface area contributed by atoms with E-state index in [1.165, 1.54) is 0 Å². The summed E-state index contributed by atoms with van der Waals surface area (Å²) in [4.78, 5) is 28.0. The first-order valence-corrected chi connectivity index (χ1v) is 13.8. The van der Waals surface area contributed by atoms with Crippen LogP contribution in [0.2, 0.25) is 5.15 Å². The number of hydrogen-bond donors (Lipinski definition) is 2. The molecule has 1 aromatic carbocycles. The van der Waals surface area contributed by atoms with Crippen molar-refractivity contribution >= 4 is 40.1 Å². The zero-order valence-electron chi connectivity index (χ0n) is 22.5. The smallest absolute Gasteiger partial charge is 0.356 e. The van der Waals surface area contributed by atoms with Gasteiger partial charge in [0.1, 0.15) is 11.2 Å². The highest BCUT2D eigenvalue weighted by Crippen LogP contribution is 2.45. The Balaban J connectivity index is 1.38. The maximum absolute atomic E-state index is 11.8. The molecule has 3 aromatic heterocycles. The van der Waals surface area contributed by atoms with Gasteiger partial charge < -0.3 is 15.3 Å². The molecular formula is C29H29ClN8O2. The third-order valence-electron chi connectivity index (χ3n) is 8.06. The number of halogens is 1. The van der Waals surface area contributed by atoms with Crippen LogP contribution < -0.4 is 10.2 Å². The molecule has 11 heteroatoms. The second-order valence-electron chi connectivity index (χ2n) is 10.8. The number of carboxylic acid groups (broad SMARTS) is 1. The van der Waals surface area contributed by atoms with Gasteiger partial charge >= 0.3 is 5.97 Å². The van der Waals surface area contributed by atoms with E-state index in [9.17, 15) is 15.2 Å². The summed E-state index contributed by atoms with van der Waals surface area (Å²) < 4.78 is 1.85. The van der Waals surface area contributed by atoms with Crippen molar-refractivity contribution in [3.63, 3.8) is 0 Å². The highest BCUT2D eigenvalue weighted by Gasteiger charge is 2.43. The number of nitrogens with one attached hydrogen (secondary N) is 1. The van der Waals surface area contributed by atoms with Crippen molar-refractivity contribution in [1.29, 1.82) is 5.26 Å². The Labute approximate surface area is 236 Å². The number of aryl methyl sites for hydroxylation is 2. The fraction of sp³-hybridized carbons (Fsp3) is 0.379. The van der Waals surface area contributed by atoms with Crippen molar-refractivity contribution in [2.75, 3.05) is 10.2 Å². The number of carboxylic acids is 1. The molecule has 204 valence electrons. The van der Waals surface area contributed by atoms with Crippen LogP contribution in [0.3, 0.4) is 0 Å². The van der Waals surface area contributed by atoms with Gasteiger partial charge in [-0.3, -0.25) is 4.68 Å². The Hall–Kier alpha value is -4.23. The van der Waals surface area contributed by atoms with E-state index in [-0.39, 0.29) is 29.0 Å². The van der Waals surface area contributed by atoms with Gasteiger partial charge in [0.25, 0.3) is 0 Å².